The summed E-state index contributed by atoms with van der Waals surface area (Å²) < 4.78 is 19.5. The summed E-state index contributed by atoms with van der Waals surface area (Å²) in [6, 6.07) is 21.0. The van der Waals surface area contributed by atoms with E-state index >= 15 is 0 Å². The van der Waals surface area contributed by atoms with Crippen LogP contribution in [0.1, 0.15) is 54.4 Å². The first kappa shape index (κ1) is 27.4. The summed E-state index contributed by atoms with van der Waals surface area (Å²) in [6.07, 6.45) is 5.64. The molecule has 0 unspecified atom stereocenters. The number of amides is 2. The fourth-order valence-corrected chi connectivity index (χ4v) is 5.13. The summed E-state index contributed by atoms with van der Waals surface area (Å²) in [5.74, 6) is -0.194. The maximum Gasteiger partial charge on any atom is 0.261 e. The SMILES string of the molecule is Cc1cc(C)cc(OCC(=O)N(Cc2ccc(F)cc2)[C@H](Cc2ccccc2)C(=O)NC2CCCCC2)c1. The van der Waals surface area contributed by atoms with E-state index in [2.05, 4.69) is 5.32 Å². The van der Waals surface area contributed by atoms with Crippen LogP contribution in [0.2, 0.25) is 0 Å². The molecule has 0 saturated heterocycles. The zero-order chi connectivity index (χ0) is 26.9. The number of hydrogen-bond acceptors (Lipinski definition) is 3. The molecule has 0 spiro atoms. The van der Waals surface area contributed by atoms with Crippen LogP contribution < -0.4 is 10.1 Å². The van der Waals surface area contributed by atoms with Gasteiger partial charge < -0.3 is 15.0 Å². The minimum atomic E-state index is -0.736. The molecule has 0 heterocycles. The van der Waals surface area contributed by atoms with Crippen molar-refractivity contribution >= 4 is 11.8 Å². The van der Waals surface area contributed by atoms with Gasteiger partial charge >= 0.3 is 0 Å². The maximum atomic E-state index is 13.8. The number of carbonyl (C=O) groups is 2. The summed E-state index contributed by atoms with van der Waals surface area (Å²) in [6.45, 7) is 3.93. The minimum absolute atomic E-state index is 0.115. The number of hydrogen-bond donors (Lipinski definition) is 1. The molecule has 1 aliphatic rings. The van der Waals surface area contributed by atoms with Gasteiger partial charge in [-0.2, -0.15) is 0 Å². The molecule has 1 fully saturated rings. The Bertz CT molecular complexity index is 1190. The van der Waals surface area contributed by atoms with Crippen LogP contribution in [0.25, 0.3) is 0 Å². The first-order valence-electron chi connectivity index (χ1n) is 13.5. The highest BCUT2D eigenvalue weighted by atomic mass is 19.1. The Morgan fingerprint density at radius 3 is 2.24 bits per heavy atom. The standard InChI is InChI=1S/C32H37FN2O3/c1-23-17-24(2)19-29(18-23)38-22-31(36)35(21-26-13-15-27(33)16-14-26)30(20-25-9-5-3-6-10-25)32(37)34-28-11-7-4-8-12-28/h3,5-6,9-10,13-19,28,30H,4,7-8,11-12,20-22H2,1-2H3,(H,34,37)/t30-/m1/s1. The molecule has 1 N–H and O–H groups in total. The Labute approximate surface area is 225 Å². The van der Waals surface area contributed by atoms with Crippen molar-refractivity contribution in [1.29, 1.82) is 0 Å². The van der Waals surface area contributed by atoms with Gasteiger partial charge in [0, 0.05) is 19.0 Å². The molecule has 1 saturated carbocycles. The summed E-state index contributed by atoms with van der Waals surface area (Å²) in [7, 11) is 0. The van der Waals surface area contributed by atoms with Gasteiger partial charge in [-0.25, -0.2) is 4.39 Å². The Kier molecular flexibility index (Phi) is 9.52. The first-order chi connectivity index (χ1) is 18.4. The van der Waals surface area contributed by atoms with Crippen molar-refractivity contribution in [3.05, 3.63) is 101 Å². The molecule has 3 aromatic carbocycles. The van der Waals surface area contributed by atoms with Crippen LogP contribution >= 0.6 is 0 Å². The highest BCUT2D eigenvalue weighted by molar-refractivity contribution is 5.88. The molecule has 0 aromatic heterocycles. The third-order valence-corrected chi connectivity index (χ3v) is 7.05. The molecule has 1 aliphatic carbocycles. The smallest absolute Gasteiger partial charge is 0.261 e. The van der Waals surface area contributed by atoms with Gasteiger partial charge in [-0.1, -0.05) is 67.8 Å². The zero-order valence-corrected chi connectivity index (χ0v) is 22.3. The lowest BCUT2D eigenvalue weighted by Crippen LogP contribution is -2.53. The van der Waals surface area contributed by atoms with Crippen LogP contribution in [-0.4, -0.2) is 35.4 Å². The van der Waals surface area contributed by atoms with Crippen LogP contribution in [0.15, 0.2) is 72.8 Å². The molecular weight excluding hydrogens is 479 g/mol. The topological polar surface area (TPSA) is 58.6 Å². The molecule has 6 heteroatoms. The third-order valence-electron chi connectivity index (χ3n) is 7.05. The minimum Gasteiger partial charge on any atom is -0.484 e. The van der Waals surface area contributed by atoms with Gasteiger partial charge in [0.1, 0.15) is 17.6 Å². The largest absolute Gasteiger partial charge is 0.484 e. The second kappa shape index (κ2) is 13.2. The molecule has 0 radical (unpaired) electrons. The van der Waals surface area contributed by atoms with Gasteiger partial charge in [-0.3, -0.25) is 9.59 Å². The van der Waals surface area contributed by atoms with Crippen molar-refractivity contribution in [3.63, 3.8) is 0 Å². The van der Waals surface area contributed by atoms with Crippen LogP contribution in [0, 0.1) is 19.7 Å². The molecular formula is C32H37FN2O3. The number of rotatable bonds is 10. The molecule has 2 amide bonds. The van der Waals surface area contributed by atoms with Crippen LogP contribution in [0.4, 0.5) is 4.39 Å². The summed E-state index contributed by atoms with van der Waals surface area (Å²) in [5.41, 5.74) is 3.80. The van der Waals surface area contributed by atoms with Gasteiger partial charge in [-0.05, 0) is 73.2 Å². The fraction of sp³-hybridized carbons (Fsp3) is 0.375. The van der Waals surface area contributed by atoms with Crippen molar-refractivity contribution in [2.75, 3.05) is 6.61 Å². The van der Waals surface area contributed by atoms with E-state index in [9.17, 15) is 14.0 Å². The summed E-state index contributed by atoms with van der Waals surface area (Å²) >= 11 is 0. The van der Waals surface area contributed by atoms with E-state index in [1.165, 1.54) is 18.6 Å². The van der Waals surface area contributed by atoms with Crippen molar-refractivity contribution in [3.8, 4) is 5.75 Å². The molecule has 0 bridgehead atoms. The van der Waals surface area contributed by atoms with Crippen molar-refractivity contribution < 1.29 is 18.7 Å². The molecule has 0 aliphatic heterocycles. The average Bonchev–Trinajstić information content (AvgIpc) is 2.91. The van der Waals surface area contributed by atoms with E-state index in [1.807, 2.05) is 62.4 Å². The Morgan fingerprint density at radius 2 is 1.58 bits per heavy atom. The number of carbonyl (C=O) groups excluding carboxylic acids is 2. The van der Waals surface area contributed by atoms with Crippen LogP contribution in [0.3, 0.4) is 0 Å². The molecule has 4 rings (SSSR count). The van der Waals surface area contributed by atoms with E-state index < -0.39 is 6.04 Å². The highest BCUT2D eigenvalue weighted by Gasteiger charge is 2.32. The van der Waals surface area contributed by atoms with E-state index in [-0.39, 0.29) is 36.8 Å². The molecule has 200 valence electrons. The number of nitrogens with zero attached hydrogens (tertiary/aromatic N) is 1. The predicted octanol–water partition coefficient (Wildman–Crippen LogP) is 5.91. The van der Waals surface area contributed by atoms with Gasteiger partial charge in [0.05, 0.1) is 0 Å². The zero-order valence-electron chi connectivity index (χ0n) is 22.3. The van der Waals surface area contributed by atoms with Gasteiger partial charge in [-0.15, -0.1) is 0 Å². The average molecular weight is 517 g/mol. The molecule has 1 atom stereocenters. The van der Waals surface area contributed by atoms with Gasteiger partial charge in [0.25, 0.3) is 5.91 Å². The lowest BCUT2D eigenvalue weighted by atomic mass is 9.94. The monoisotopic (exact) mass is 516 g/mol. The normalized spacial score (nSPS) is 14.5. The van der Waals surface area contributed by atoms with Gasteiger partial charge in [0.2, 0.25) is 5.91 Å². The molecule has 38 heavy (non-hydrogen) atoms. The highest BCUT2D eigenvalue weighted by Crippen LogP contribution is 2.21. The predicted molar refractivity (Wildman–Crippen MR) is 147 cm³/mol. The van der Waals surface area contributed by atoms with Crippen LogP contribution in [-0.2, 0) is 22.6 Å². The summed E-state index contributed by atoms with van der Waals surface area (Å²) in [5, 5.41) is 3.22. The Morgan fingerprint density at radius 1 is 0.921 bits per heavy atom. The Hall–Kier alpha value is -3.67. The quantitative estimate of drug-likeness (QED) is 0.364. The van der Waals surface area contributed by atoms with Crippen molar-refractivity contribution in [2.24, 2.45) is 0 Å². The van der Waals surface area contributed by atoms with E-state index in [4.69, 9.17) is 4.74 Å². The number of nitrogens with one attached hydrogen (secondary N) is 1. The molecule has 3 aromatic rings. The van der Waals surface area contributed by atoms with Crippen LogP contribution in [0.5, 0.6) is 5.75 Å². The molecule has 5 nitrogen and oxygen atoms in total. The number of ether oxygens (including phenoxy) is 1. The second-order valence-corrected chi connectivity index (χ2v) is 10.3. The van der Waals surface area contributed by atoms with E-state index in [0.29, 0.717) is 12.2 Å². The summed E-state index contributed by atoms with van der Waals surface area (Å²) in [4.78, 5) is 29.1. The first-order valence-corrected chi connectivity index (χ1v) is 13.5. The number of halogens is 1. The fourth-order valence-electron chi connectivity index (χ4n) is 5.13. The lowest BCUT2D eigenvalue weighted by Gasteiger charge is -2.33. The van der Waals surface area contributed by atoms with E-state index in [1.54, 1.807) is 17.0 Å². The van der Waals surface area contributed by atoms with Crippen molar-refractivity contribution in [2.45, 2.75) is 71.0 Å². The maximum absolute atomic E-state index is 13.8. The third kappa shape index (κ3) is 7.91. The Balaban J connectivity index is 1.61. The lowest BCUT2D eigenvalue weighted by molar-refractivity contribution is -0.143. The van der Waals surface area contributed by atoms with Gasteiger partial charge in [0.15, 0.2) is 6.61 Å². The van der Waals surface area contributed by atoms with Crippen molar-refractivity contribution in [1.82, 2.24) is 10.2 Å². The van der Waals surface area contributed by atoms with E-state index in [0.717, 1.165) is 47.9 Å². The number of aryl methyl sites for hydroxylation is 2. The second-order valence-electron chi connectivity index (χ2n) is 10.3. The number of benzene rings is 3.